The molecule has 2 rings (SSSR count). The Morgan fingerprint density at radius 1 is 0.967 bits per heavy atom. The van der Waals surface area contributed by atoms with Crippen molar-refractivity contribution in [3.8, 4) is 11.5 Å². The van der Waals surface area contributed by atoms with Crippen molar-refractivity contribution in [1.82, 2.24) is 10.2 Å². The third-order valence-corrected chi connectivity index (χ3v) is 4.76. The van der Waals surface area contributed by atoms with Gasteiger partial charge >= 0.3 is 0 Å². The molecule has 0 aliphatic carbocycles. The van der Waals surface area contributed by atoms with Gasteiger partial charge in [0.05, 0.1) is 7.11 Å². The fraction of sp³-hybridized carbons (Fsp3) is 0.417. The zero-order valence-corrected chi connectivity index (χ0v) is 18.3. The normalized spacial score (nSPS) is 11.6. The minimum Gasteiger partial charge on any atom is -0.493 e. The molecule has 30 heavy (non-hydrogen) atoms. The molecule has 1 atom stereocenters. The number of methoxy groups -OCH3 is 1. The van der Waals surface area contributed by atoms with Crippen molar-refractivity contribution in [3.05, 3.63) is 60.2 Å². The molecule has 0 aromatic heterocycles. The van der Waals surface area contributed by atoms with Crippen LogP contribution in [0.4, 0.5) is 0 Å². The van der Waals surface area contributed by atoms with Gasteiger partial charge < -0.3 is 19.7 Å². The van der Waals surface area contributed by atoms with Gasteiger partial charge in [0, 0.05) is 13.1 Å². The second kappa shape index (κ2) is 11.9. The van der Waals surface area contributed by atoms with Crippen LogP contribution in [-0.2, 0) is 16.0 Å². The number of para-hydroxylation sites is 2. The van der Waals surface area contributed by atoms with Gasteiger partial charge in [0.25, 0.3) is 5.91 Å². The summed E-state index contributed by atoms with van der Waals surface area (Å²) in [5.41, 5.74) is 1.11. The maximum absolute atomic E-state index is 13.0. The number of carbonyl (C=O) groups excluding carboxylic acids is 2. The molecule has 0 fully saturated rings. The van der Waals surface area contributed by atoms with Gasteiger partial charge in [0.1, 0.15) is 6.04 Å². The molecule has 0 aliphatic rings. The standard InChI is InChI=1S/C24H32N2O4/c1-18(2)16-25-24(28)19(3)26(15-14-20-10-6-5-7-11-20)23(27)17-30-22-13-9-8-12-21(22)29-4/h5-13,18-19H,14-17H2,1-4H3,(H,25,28)/t19-/m1/s1. The van der Waals surface area contributed by atoms with Crippen molar-refractivity contribution in [2.75, 3.05) is 26.8 Å². The second-order valence-corrected chi connectivity index (χ2v) is 7.58. The van der Waals surface area contributed by atoms with Crippen molar-refractivity contribution in [1.29, 1.82) is 0 Å². The first-order chi connectivity index (χ1) is 14.4. The molecule has 2 aromatic rings. The molecule has 0 bridgehead atoms. The number of hydrogen-bond acceptors (Lipinski definition) is 4. The van der Waals surface area contributed by atoms with E-state index in [1.165, 1.54) is 0 Å². The van der Waals surface area contributed by atoms with Crippen molar-refractivity contribution in [2.24, 2.45) is 5.92 Å². The minimum atomic E-state index is -0.596. The Morgan fingerprint density at radius 2 is 1.60 bits per heavy atom. The van der Waals surface area contributed by atoms with Crippen LogP contribution in [0.3, 0.4) is 0 Å². The van der Waals surface area contributed by atoms with E-state index < -0.39 is 6.04 Å². The molecule has 6 heteroatoms. The molecule has 0 aliphatic heterocycles. The lowest BCUT2D eigenvalue weighted by Gasteiger charge is -2.29. The third-order valence-electron chi connectivity index (χ3n) is 4.76. The van der Waals surface area contributed by atoms with Gasteiger partial charge in [-0.05, 0) is 37.0 Å². The zero-order valence-electron chi connectivity index (χ0n) is 18.3. The van der Waals surface area contributed by atoms with Crippen molar-refractivity contribution < 1.29 is 19.1 Å². The van der Waals surface area contributed by atoms with Crippen molar-refractivity contribution in [3.63, 3.8) is 0 Å². The van der Waals surface area contributed by atoms with Gasteiger partial charge in [0.2, 0.25) is 5.91 Å². The van der Waals surface area contributed by atoms with Gasteiger partial charge in [-0.15, -0.1) is 0 Å². The highest BCUT2D eigenvalue weighted by molar-refractivity contribution is 5.88. The highest BCUT2D eigenvalue weighted by Gasteiger charge is 2.26. The molecular weight excluding hydrogens is 380 g/mol. The van der Waals surface area contributed by atoms with E-state index in [1.54, 1.807) is 31.1 Å². The molecule has 2 amide bonds. The molecule has 0 saturated heterocycles. The highest BCUT2D eigenvalue weighted by Crippen LogP contribution is 2.25. The highest BCUT2D eigenvalue weighted by atomic mass is 16.5. The van der Waals surface area contributed by atoms with Crippen LogP contribution in [0.2, 0.25) is 0 Å². The SMILES string of the molecule is COc1ccccc1OCC(=O)N(CCc1ccccc1)[C@H](C)C(=O)NCC(C)C. The quantitative estimate of drug-likeness (QED) is 0.615. The molecule has 0 unspecified atom stereocenters. The van der Waals surface area contributed by atoms with Crippen LogP contribution in [0.1, 0.15) is 26.3 Å². The van der Waals surface area contributed by atoms with E-state index >= 15 is 0 Å². The average Bonchev–Trinajstić information content (AvgIpc) is 2.76. The number of hydrogen-bond donors (Lipinski definition) is 1. The average molecular weight is 413 g/mol. The molecule has 2 aromatic carbocycles. The summed E-state index contributed by atoms with van der Waals surface area (Å²) in [6.07, 6.45) is 0.656. The van der Waals surface area contributed by atoms with E-state index in [0.29, 0.717) is 36.9 Å². The van der Waals surface area contributed by atoms with Gasteiger partial charge in [-0.3, -0.25) is 9.59 Å². The van der Waals surface area contributed by atoms with Crippen LogP contribution in [0.15, 0.2) is 54.6 Å². The molecule has 1 N–H and O–H groups in total. The van der Waals surface area contributed by atoms with Crippen molar-refractivity contribution in [2.45, 2.75) is 33.2 Å². The van der Waals surface area contributed by atoms with Crippen LogP contribution in [0.25, 0.3) is 0 Å². The lowest BCUT2D eigenvalue weighted by Crippen LogP contribution is -2.50. The third kappa shape index (κ3) is 7.10. The number of carbonyl (C=O) groups is 2. The number of benzene rings is 2. The van der Waals surface area contributed by atoms with E-state index in [2.05, 4.69) is 5.32 Å². The first kappa shape index (κ1) is 23.3. The smallest absolute Gasteiger partial charge is 0.261 e. The Morgan fingerprint density at radius 3 is 2.23 bits per heavy atom. The summed E-state index contributed by atoms with van der Waals surface area (Å²) in [5, 5.41) is 2.91. The fourth-order valence-corrected chi connectivity index (χ4v) is 2.98. The number of nitrogens with zero attached hydrogens (tertiary/aromatic N) is 1. The molecule has 6 nitrogen and oxygen atoms in total. The fourth-order valence-electron chi connectivity index (χ4n) is 2.98. The minimum absolute atomic E-state index is 0.164. The van der Waals surface area contributed by atoms with Crippen LogP contribution >= 0.6 is 0 Å². The maximum atomic E-state index is 13.0. The Kier molecular flexibility index (Phi) is 9.19. The molecule has 0 heterocycles. The lowest BCUT2D eigenvalue weighted by molar-refractivity contribution is -0.141. The summed E-state index contributed by atoms with van der Waals surface area (Å²) in [7, 11) is 1.55. The first-order valence-electron chi connectivity index (χ1n) is 10.3. The van der Waals surface area contributed by atoms with E-state index in [4.69, 9.17) is 9.47 Å². The largest absolute Gasteiger partial charge is 0.493 e. The summed E-state index contributed by atoms with van der Waals surface area (Å²) in [6, 6.07) is 16.5. The maximum Gasteiger partial charge on any atom is 0.261 e. The summed E-state index contributed by atoms with van der Waals surface area (Å²) in [6.45, 7) is 6.64. The summed E-state index contributed by atoms with van der Waals surface area (Å²) in [4.78, 5) is 27.2. The Labute approximate surface area is 179 Å². The van der Waals surface area contributed by atoms with E-state index in [-0.39, 0.29) is 18.4 Å². The molecular formula is C24H32N2O4. The topological polar surface area (TPSA) is 67.9 Å². The van der Waals surface area contributed by atoms with E-state index in [0.717, 1.165) is 5.56 Å². The van der Waals surface area contributed by atoms with Gasteiger partial charge in [-0.25, -0.2) is 0 Å². The van der Waals surface area contributed by atoms with Gasteiger partial charge in [-0.1, -0.05) is 56.3 Å². The van der Waals surface area contributed by atoms with Crippen LogP contribution in [0.5, 0.6) is 11.5 Å². The molecule has 162 valence electrons. The van der Waals surface area contributed by atoms with Crippen molar-refractivity contribution >= 4 is 11.8 Å². The summed E-state index contributed by atoms with van der Waals surface area (Å²) >= 11 is 0. The molecule has 0 radical (unpaired) electrons. The predicted octanol–water partition coefficient (Wildman–Crippen LogP) is 3.31. The molecule has 0 spiro atoms. The van der Waals surface area contributed by atoms with Crippen LogP contribution < -0.4 is 14.8 Å². The number of amides is 2. The Bertz CT molecular complexity index is 808. The predicted molar refractivity (Wildman–Crippen MR) is 118 cm³/mol. The Balaban J connectivity index is 2.08. The lowest BCUT2D eigenvalue weighted by atomic mass is 10.1. The monoisotopic (exact) mass is 412 g/mol. The van der Waals surface area contributed by atoms with Gasteiger partial charge in [-0.2, -0.15) is 0 Å². The van der Waals surface area contributed by atoms with E-state index in [9.17, 15) is 9.59 Å². The molecule has 0 saturated carbocycles. The van der Waals surface area contributed by atoms with Crippen LogP contribution in [0, 0.1) is 5.92 Å². The van der Waals surface area contributed by atoms with Crippen LogP contribution in [-0.4, -0.2) is 49.6 Å². The number of nitrogens with one attached hydrogen (secondary N) is 1. The van der Waals surface area contributed by atoms with Gasteiger partial charge in [0.15, 0.2) is 18.1 Å². The number of rotatable bonds is 11. The second-order valence-electron chi connectivity index (χ2n) is 7.58. The Hall–Kier alpha value is -3.02. The zero-order chi connectivity index (χ0) is 21.9. The first-order valence-corrected chi connectivity index (χ1v) is 10.3. The summed E-state index contributed by atoms with van der Waals surface area (Å²) < 4.78 is 11.0. The number of ether oxygens (including phenoxy) is 2. The summed E-state index contributed by atoms with van der Waals surface area (Å²) in [5.74, 6) is 0.979. The van der Waals surface area contributed by atoms with E-state index in [1.807, 2.05) is 56.3 Å².